The zero-order valence-corrected chi connectivity index (χ0v) is 6.65. The summed E-state index contributed by atoms with van der Waals surface area (Å²) >= 11 is 5.36. The van der Waals surface area contributed by atoms with Crippen LogP contribution >= 0.6 is 11.6 Å². The second kappa shape index (κ2) is 4.83. The van der Waals surface area contributed by atoms with E-state index in [4.69, 9.17) is 16.7 Å². The quantitative estimate of drug-likeness (QED) is 0.479. The fourth-order valence-electron chi connectivity index (χ4n) is 0.435. The van der Waals surface area contributed by atoms with Crippen molar-refractivity contribution in [3.8, 4) is 0 Å². The molecule has 0 aromatic heterocycles. The van der Waals surface area contributed by atoms with Crippen LogP contribution in [0.15, 0.2) is 11.6 Å². The van der Waals surface area contributed by atoms with Gasteiger partial charge < -0.3 is 5.11 Å². The molecule has 54 valence electrons. The van der Waals surface area contributed by atoms with Gasteiger partial charge in [-0.05, 0) is 20.3 Å². The molecular formula is C7H13ClO. The van der Waals surface area contributed by atoms with Gasteiger partial charge in [-0.25, -0.2) is 0 Å². The van der Waals surface area contributed by atoms with Crippen LogP contribution in [-0.4, -0.2) is 17.1 Å². The van der Waals surface area contributed by atoms with Gasteiger partial charge in [0.05, 0.1) is 6.10 Å². The molecular weight excluding hydrogens is 136 g/mol. The molecule has 0 radical (unpaired) electrons. The van der Waals surface area contributed by atoms with Crippen molar-refractivity contribution < 1.29 is 5.11 Å². The predicted molar refractivity (Wildman–Crippen MR) is 40.8 cm³/mol. The predicted octanol–water partition coefficient (Wildman–Crippen LogP) is 1.94. The van der Waals surface area contributed by atoms with Gasteiger partial charge in [-0.1, -0.05) is 11.6 Å². The highest BCUT2D eigenvalue weighted by molar-refractivity contribution is 6.18. The standard InChI is InChI=1S/C7H13ClO/c1-6(2)3-4-7(9)5-8/h3,7,9H,4-5H2,1-2H3/t7-/m0/s1. The molecule has 0 heterocycles. The summed E-state index contributed by atoms with van der Waals surface area (Å²) in [6.45, 7) is 4.00. The number of hydrogen-bond donors (Lipinski definition) is 1. The number of aliphatic hydroxyl groups is 1. The van der Waals surface area contributed by atoms with Gasteiger partial charge in [-0.15, -0.1) is 11.6 Å². The van der Waals surface area contributed by atoms with E-state index in [9.17, 15) is 0 Å². The van der Waals surface area contributed by atoms with Crippen LogP contribution in [0.2, 0.25) is 0 Å². The smallest absolute Gasteiger partial charge is 0.0709 e. The molecule has 1 N–H and O–H groups in total. The molecule has 0 saturated heterocycles. The Morgan fingerprint density at radius 1 is 1.67 bits per heavy atom. The Kier molecular flexibility index (Phi) is 4.83. The van der Waals surface area contributed by atoms with Crippen molar-refractivity contribution >= 4 is 11.6 Å². The highest BCUT2D eigenvalue weighted by Gasteiger charge is 1.96. The van der Waals surface area contributed by atoms with E-state index >= 15 is 0 Å². The van der Waals surface area contributed by atoms with Crippen LogP contribution in [-0.2, 0) is 0 Å². The van der Waals surface area contributed by atoms with Gasteiger partial charge in [0.2, 0.25) is 0 Å². The lowest BCUT2D eigenvalue weighted by molar-refractivity contribution is 0.201. The molecule has 0 aliphatic heterocycles. The zero-order valence-electron chi connectivity index (χ0n) is 5.89. The van der Waals surface area contributed by atoms with Crippen LogP contribution < -0.4 is 0 Å². The molecule has 1 atom stereocenters. The van der Waals surface area contributed by atoms with Crippen LogP contribution in [0, 0.1) is 0 Å². The summed E-state index contributed by atoms with van der Waals surface area (Å²) in [5.41, 5.74) is 1.22. The average molecular weight is 149 g/mol. The first kappa shape index (κ1) is 8.99. The summed E-state index contributed by atoms with van der Waals surface area (Å²) in [6.07, 6.45) is 2.28. The Bertz CT molecular complexity index is 95.1. The molecule has 0 amide bonds. The maximum absolute atomic E-state index is 8.93. The molecule has 0 fully saturated rings. The van der Waals surface area contributed by atoms with E-state index in [0.29, 0.717) is 12.3 Å². The summed E-state index contributed by atoms with van der Waals surface area (Å²) in [4.78, 5) is 0. The molecule has 2 heteroatoms. The molecule has 0 saturated carbocycles. The normalized spacial score (nSPS) is 12.9. The highest BCUT2D eigenvalue weighted by Crippen LogP contribution is 1.99. The zero-order chi connectivity index (χ0) is 7.28. The first-order valence-electron chi connectivity index (χ1n) is 3.04. The van der Waals surface area contributed by atoms with Crippen molar-refractivity contribution in [2.75, 3.05) is 5.88 Å². The van der Waals surface area contributed by atoms with Gasteiger partial charge in [0.1, 0.15) is 0 Å². The minimum atomic E-state index is -0.374. The van der Waals surface area contributed by atoms with Crippen LogP contribution in [0.1, 0.15) is 20.3 Å². The molecule has 0 aromatic rings. The summed E-state index contributed by atoms with van der Waals surface area (Å²) in [5, 5.41) is 8.93. The topological polar surface area (TPSA) is 20.2 Å². The Labute approximate surface area is 61.3 Å². The minimum Gasteiger partial charge on any atom is -0.392 e. The first-order valence-corrected chi connectivity index (χ1v) is 3.57. The van der Waals surface area contributed by atoms with E-state index in [-0.39, 0.29) is 6.10 Å². The molecule has 0 spiro atoms. The van der Waals surface area contributed by atoms with Gasteiger partial charge in [0.25, 0.3) is 0 Å². The Balaban J connectivity index is 3.37. The van der Waals surface area contributed by atoms with E-state index < -0.39 is 0 Å². The molecule has 0 aliphatic carbocycles. The van der Waals surface area contributed by atoms with Gasteiger partial charge >= 0.3 is 0 Å². The number of hydrogen-bond acceptors (Lipinski definition) is 1. The van der Waals surface area contributed by atoms with Crippen LogP contribution in [0.4, 0.5) is 0 Å². The van der Waals surface area contributed by atoms with E-state index in [0.717, 1.165) is 0 Å². The Hall–Kier alpha value is -0.0100. The van der Waals surface area contributed by atoms with E-state index in [1.165, 1.54) is 5.57 Å². The van der Waals surface area contributed by atoms with E-state index in [1.54, 1.807) is 0 Å². The molecule has 1 nitrogen and oxygen atoms in total. The second-order valence-electron chi connectivity index (χ2n) is 2.33. The highest BCUT2D eigenvalue weighted by atomic mass is 35.5. The Morgan fingerprint density at radius 3 is 2.56 bits per heavy atom. The molecule has 0 bridgehead atoms. The monoisotopic (exact) mass is 148 g/mol. The number of halogens is 1. The third-order valence-corrected chi connectivity index (χ3v) is 1.33. The van der Waals surface area contributed by atoms with E-state index in [1.807, 2.05) is 19.9 Å². The summed E-state index contributed by atoms with van der Waals surface area (Å²) in [6, 6.07) is 0. The first-order chi connectivity index (χ1) is 4.16. The third-order valence-electron chi connectivity index (χ3n) is 0.976. The number of rotatable bonds is 3. The lowest BCUT2D eigenvalue weighted by Crippen LogP contribution is -2.05. The summed E-state index contributed by atoms with van der Waals surface area (Å²) < 4.78 is 0. The molecule has 9 heavy (non-hydrogen) atoms. The lowest BCUT2D eigenvalue weighted by atomic mass is 10.2. The van der Waals surface area contributed by atoms with Gasteiger partial charge in [0, 0.05) is 5.88 Å². The van der Waals surface area contributed by atoms with Crippen molar-refractivity contribution in [1.82, 2.24) is 0 Å². The maximum atomic E-state index is 8.93. The van der Waals surface area contributed by atoms with Crippen molar-refractivity contribution in [3.05, 3.63) is 11.6 Å². The molecule has 0 rings (SSSR count). The SMILES string of the molecule is CC(C)=CC[C@H](O)CCl. The minimum absolute atomic E-state index is 0.323. The van der Waals surface area contributed by atoms with Gasteiger partial charge in [-0.2, -0.15) is 0 Å². The number of alkyl halides is 1. The number of allylic oxidation sites excluding steroid dienone is 1. The molecule has 0 unspecified atom stereocenters. The van der Waals surface area contributed by atoms with Crippen LogP contribution in [0.5, 0.6) is 0 Å². The Morgan fingerprint density at radius 2 is 2.22 bits per heavy atom. The summed E-state index contributed by atoms with van der Waals surface area (Å²) in [7, 11) is 0. The average Bonchev–Trinajstić information content (AvgIpc) is 1.83. The molecule has 0 aliphatic rings. The van der Waals surface area contributed by atoms with E-state index in [2.05, 4.69) is 0 Å². The van der Waals surface area contributed by atoms with Crippen molar-refractivity contribution in [1.29, 1.82) is 0 Å². The molecule has 0 aromatic carbocycles. The van der Waals surface area contributed by atoms with Crippen LogP contribution in [0.25, 0.3) is 0 Å². The second-order valence-corrected chi connectivity index (χ2v) is 2.63. The fourth-order valence-corrected chi connectivity index (χ4v) is 0.561. The summed E-state index contributed by atoms with van der Waals surface area (Å²) in [5.74, 6) is 0.323. The fraction of sp³-hybridized carbons (Fsp3) is 0.714. The third kappa shape index (κ3) is 5.87. The van der Waals surface area contributed by atoms with Crippen molar-refractivity contribution in [3.63, 3.8) is 0 Å². The maximum Gasteiger partial charge on any atom is 0.0709 e. The number of aliphatic hydroxyl groups excluding tert-OH is 1. The van der Waals surface area contributed by atoms with Crippen molar-refractivity contribution in [2.45, 2.75) is 26.4 Å². The lowest BCUT2D eigenvalue weighted by Gasteiger charge is -2.00. The van der Waals surface area contributed by atoms with Crippen molar-refractivity contribution in [2.24, 2.45) is 0 Å². The van der Waals surface area contributed by atoms with Crippen LogP contribution in [0.3, 0.4) is 0 Å². The van der Waals surface area contributed by atoms with Gasteiger partial charge in [-0.3, -0.25) is 0 Å². The largest absolute Gasteiger partial charge is 0.392 e. The van der Waals surface area contributed by atoms with Gasteiger partial charge in [0.15, 0.2) is 0 Å².